The number of carbonyl (C=O) groups excluding carboxylic acids is 1. The molecule has 0 aliphatic heterocycles. The number of ether oxygens (including phenoxy) is 2. The molecule has 17 heavy (non-hydrogen) atoms. The van der Waals surface area contributed by atoms with E-state index in [1.165, 1.54) is 7.11 Å². The summed E-state index contributed by atoms with van der Waals surface area (Å²) in [7, 11) is 1.35. The average Bonchev–Trinajstić information content (AvgIpc) is 3.11. The molecule has 0 spiro atoms. The first-order valence-corrected chi connectivity index (χ1v) is 6.07. The van der Waals surface area contributed by atoms with Gasteiger partial charge in [-0.3, -0.25) is 0 Å². The van der Waals surface area contributed by atoms with Crippen LogP contribution in [0.5, 0.6) is 5.75 Å². The summed E-state index contributed by atoms with van der Waals surface area (Å²) in [6.07, 6.45) is 1.38. The summed E-state index contributed by atoms with van der Waals surface area (Å²) in [6.45, 7) is 0. The molecule has 3 nitrogen and oxygen atoms in total. The Morgan fingerprint density at radius 2 is 2.12 bits per heavy atom. The molecule has 0 saturated heterocycles. The van der Waals surface area contributed by atoms with Gasteiger partial charge in [0.05, 0.1) is 12.1 Å². The Labute approximate surface area is 110 Å². The highest BCUT2D eigenvalue weighted by Crippen LogP contribution is 2.37. The fourth-order valence-corrected chi connectivity index (χ4v) is 2.01. The zero-order chi connectivity index (χ0) is 12.4. The highest BCUT2D eigenvalue weighted by Gasteiger charge is 2.39. The molecule has 1 unspecified atom stereocenters. The second-order valence-electron chi connectivity index (χ2n) is 3.97. The zero-order valence-corrected chi connectivity index (χ0v) is 10.8. The summed E-state index contributed by atoms with van der Waals surface area (Å²) >= 11 is 11.8. The fourth-order valence-electron chi connectivity index (χ4n) is 1.56. The van der Waals surface area contributed by atoms with Gasteiger partial charge in [-0.05, 0) is 31.0 Å². The molecule has 0 bridgehead atoms. The molecule has 1 aromatic rings. The minimum atomic E-state index is -0.571. The van der Waals surface area contributed by atoms with Crippen molar-refractivity contribution < 1.29 is 14.3 Å². The lowest BCUT2D eigenvalue weighted by atomic mass is 10.2. The molecule has 1 fully saturated rings. The Balaban J connectivity index is 2.14. The third-order valence-corrected chi connectivity index (χ3v) is 3.16. The van der Waals surface area contributed by atoms with Crippen molar-refractivity contribution in [3.05, 3.63) is 28.2 Å². The van der Waals surface area contributed by atoms with Crippen molar-refractivity contribution in [1.82, 2.24) is 0 Å². The molecular weight excluding hydrogens is 263 g/mol. The van der Waals surface area contributed by atoms with Crippen LogP contribution in [0.15, 0.2) is 18.2 Å². The molecule has 1 aromatic carbocycles. The molecule has 2 rings (SSSR count). The molecule has 92 valence electrons. The zero-order valence-electron chi connectivity index (χ0n) is 9.28. The smallest absolute Gasteiger partial charge is 0.347 e. The maximum Gasteiger partial charge on any atom is 0.347 e. The number of hydrogen-bond donors (Lipinski definition) is 0. The lowest BCUT2D eigenvalue weighted by Crippen LogP contribution is -2.30. The van der Waals surface area contributed by atoms with Gasteiger partial charge in [0.25, 0.3) is 0 Å². The monoisotopic (exact) mass is 274 g/mol. The number of rotatable bonds is 4. The Morgan fingerprint density at radius 3 is 2.65 bits per heavy atom. The summed E-state index contributed by atoms with van der Waals surface area (Å²) in [5.74, 6) is 0.325. The third kappa shape index (κ3) is 3.05. The van der Waals surface area contributed by atoms with Crippen LogP contribution in [0.3, 0.4) is 0 Å². The van der Waals surface area contributed by atoms with Gasteiger partial charge in [0.15, 0.2) is 6.10 Å². The van der Waals surface area contributed by atoms with E-state index in [1.54, 1.807) is 18.2 Å². The maximum absolute atomic E-state index is 11.6. The van der Waals surface area contributed by atoms with Gasteiger partial charge in [-0.1, -0.05) is 23.2 Å². The van der Waals surface area contributed by atoms with Gasteiger partial charge in [-0.2, -0.15) is 0 Å². The Morgan fingerprint density at radius 1 is 1.41 bits per heavy atom. The van der Waals surface area contributed by atoms with E-state index in [0.717, 1.165) is 12.8 Å². The van der Waals surface area contributed by atoms with Crippen molar-refractivity contribution in [2.75, 3.05) is 7.11 Å². The molecule has 0 N–H and O–H groups in total. The number of halogens is 2. The van der Waals surface area contributed by atoms with E-state index in [0.29, 0.717) is 15.8 Å². The van der Waals surface area contributed by atoms with Crippen molar-refractivity contribution in [3.8, 4) is 5.75 Å². The number of benzene rings is 1. The van der Waals surface area contributed by atoms with E-state index in [1.807, 2.05) is 0 Å². The topological polar surface area (TPSA) is 35.5 Å². The lowest BCUT2D eigenvalue weighted by molar-refractivity contribution is -0.149. The molecular formula is C12H12Cl2O3. The largest absolute Gasteiger partial charge is 0.477 e. The van der Waals surface area contributed by atoms with Crippen molar-refractivity contribution >= 4 is 29.2 Å². The molecule has 1 saturated carbocycles. The predicted molar refractivity (Wildman–Crippen MR) is 65.6 cm³/mol. The highest BCUT2D eigenvalue weighted by atomic mass is 35.5. The van der Waals surface area contributed by atoms with E-state index in [4.69, 9.17) is 32.7 Å². The van der Waals surface area contributed by atoms with Gasteiger partial charge in [-0.25, -0.2) is 4.79 Å². The van der Waals surface area contributed by atoms with Crippen molar-refractivity contribution in [1.29, 1.82) is 0 Å². The molecule has 1 aliphatic carbocycles. The number of hydrogen-bond acceptors (Lipinski definition) is 3. The van der Waals surface area contributed by atoms with Crippen LogP contribution in [-0.2, 0) is 9.53 Å². The van der Waals surface area contributed by atoms with Crippen LogP contribution in [0.1, 0.15) is 12.8 Å². The normalized spacial score (nSPS) is 16.4. The van der Waals surface area contributed by atoms with Gasteiger partial charge in [0.1, 0.15) is 5.75 Å². The molecule has 0 aromatic heterocycles. The van der Waals surface area contributed by atoms with Gasteiger partial charge >= 0.3 is 5.97 Å². The Kier molecular flexibility index (Phi) is 3.79. The first-order chi connectivity index (χ1) is 8.11. The fraction of sp³-hybridized carbons (Fsp3) is 0.417. The first kappa shape index (κ1) is 12.5. The summed E-state index contributed by atoms with van der Waals surface area (Å²) in [4.78, 5) is 11.6. The summed E-state index contributed by atoms with van der Waals surface area (Å²) in [5.41, 5.74) is 0. The summed E-state index contributed by atoms with van der Waals surface area (Å²) in [5, 5.41) is 0.926. The maximum atomic E-state index is 11.6. The van der Waals surface area contributed by atoms with Crippen LogP contribution in [0.25, 0.3) is 0 Å². The van der Waals surface area contributed by atoms with E-state index in [-0.39, 0.29) is 11.9 Å². The van der Waals surface area contributed by atoms with Gasteiger partial charge in [-0.15, -0.1) is 0 Å². The second-order valence-corrected chi connectivity index (χ2v) is 4.82. The predicted octanol–water partition coefficient (Wildman–Crippen LogP) is 3.32. The molecule has 0 radical (unpaired) electrons. The molecule has 1 aliphatic rings. The van der Waals surface area contributed by atoms with E-state index >= 15 is 0 Å². The van der Waals surface area contributed by atoms with E-state index in [9.17, 15) is 4.79 Å². The number of methoxy groups -OCH3 is 1. The van der Waals surface area contributed by atoms with Crippen LogP contribution in [0.4, 0.5) is 0 Å². The van der Waals surface area contributed by atoms with Crippen molar-refractivity contribution in [2.24, 2.45) is 5.92 Å². The number of esters is 1. The number of carbonyl (C=O) groups is 1. The molecule has 1 atom stereocenters. The molecule has 5 heteroatoms. The highest BCUT2D eigenvalue weighted by molar-refractivity contribution is 6.35. The van der Waals surface area contributed by atoms with Gasteiger partial charge in [0.2, 0.25) is 0 Å². The third-order valence-electron chi connectivity index (χ3n) is 2.63. The minimum absolute atomic E-state index is 0.231. The first-order valence-electron chi connectivity index (χ1n) is 5.31. The second kappa shape index (κ2) is 5.15. The van der Waals surface area contributed by atoms with E-state index < -0.39 is 6.10 Å². The average molecular weight is 275 g/mol. The van der Waals surface area contributed by atoms with Crippen LogP contribution in [0.2, 0.25) is 10.0 Å². The van der Waals surface area contributed by atoms with Crippen LogP contribution >= 0.6 is 23.2 Å². The van der Waals surface area contributed by atoms with Crippen LogP contribution < -0.4 is 4.74 Å². The van der Waals surface area contributed by atoms with E-state index in [2.05, 4.69) is 0 Å². The van der Waals surface area contributed by atoms with Gasteiger partial charge < -0.3 is 9.47 Å². The van der Waals surface area contributed by atoms with Crippen molar-refractivity contribution in [2.45, 2.75) is 18.9 Å². The van der Waals surface area contributed by atoms with Crippen LogP contribution in [0, 0.1) is 5.92 Å². The molecule has 0 amide bonds. The molecule has 0 heterocycles. The Bertz CT molecular complexity index is 430. The summed E-state index contributed by atoms with van der Waals surface area (Å²) in [6, 6.07) is 4.91. The lowest BCUT2D eigenvalue weighted by Gasteiger charge is -2.17. The van der Waals surface area contributed by atoms with Crippen LogP contribution in [-0.4, -0.2) is 19.2 Å². The minimum Gasteiger partial charge on any atom is -0.477 e. The summed E-state index contributed by atoms with van der Waals surface area (Å²) < 4.78 is 10.3. The Hall–Kier alpha value is -0.930. The quantitative estimate of drug-likeness (QED) is 0.791. The van der Waals surface area contributed by atoms with Gasteiger partial charge in [0, 0.05) is 10.9 Å². The SMILES string of the molecule is COC(=O)C(Oc1ccc(Cl)cc1Cl)C1CC1. The standard InChI is InChI=1S/C12H12Cl2O3/c1-16-12(15)11(7-2-3-7)17-10-5-4-8(13)6-9(10)14/h4-7,11H,2-3H2,1H3. The van der Waals surface area contributed by atoms with Crippen molar-refractivity contribution in [3.63, 3.8) is 0 Å².